The van der Waals surface area contributed by atoms with E-state index >= 15 is 0 Å². The first-order chi connectivity index (χ1) is 16.2. The summed E-state index contributed by atoms with van der Waals surface area (Å²) in [6.07, 6.45) is 1.53. The summed E-state index contributed by atoms with van der Waals surface area (Å²) in [7, 11) is 1.38. The van der Waals surface area contributed by atoms with Crippen LogP contribution in [0.4, 0.5) is 8.78 Å². The van der Waals surface area contributed by atoms with Crippen molar-refractivity contribution in [3.8, 4) is 0 Å². The fraction of sp³-hybridized carbons (Fsp3) is 0.423. The molecule has 3 atom stereocenters. The van der Waals surface area contributed by atoms with Crippen molar-refractivity contribution < 1.29 is 23.2 Å². The molecule has 3 amide bonds. The molecular weight excluding hydrogens is 440 g/mol. The summed E-state index contributed by atoms with van der Waals surface area (Å²) < 4.78 is 28.5. The molecule has 1 aliphatic carbocycles. The maximum atomic E-state index is 14.9. The minimum atomic E-state index is -1.40. The van der Waals surface area contributed by atoms with Gasteiger partial charge in [-0.1, -0.05) is 44.2 Å². The van der Waals surface area contributed by atoms with Gasteiger partial charge in [-0.25, -0.2) is 8.78 Å². The largest absolute Gasteiger partial charge is 0.357 e. The standard InChI is InChI=1S/C26H29F2N3O3/c1-14(2)10-21-24(32)30-22(17-11-15-6-4-5-7-16(15)12-17)26(34)31(21)23(25(33)29-3)19-9-8-18(27)13-20(19)28/h4-9,13-14,17,21-23H,10-12H2,1-3H3,(H,29,33)(H,30,32)/t21-,22-,23-/m1/s1. The van der Waals surface area contributed by atoms with Crippen molar-refractivity contribution in [1.82, 2.24) is 15.5 Å². The van der Waals surface area contributed by atoms with Crippen LogP contribution in [0.25, 0.3) is 0 Å². The van der Waals surface area contributed by atoms with Crippen LogP contribution >= 0.6 is 0 Å². The fourth-order valence-corrected chi connectivity index (χ4v) is 5.15. The van der Waals surface area contributed by atoms with E-state index in [1.165, 1.54) is 11.9 Å². The van der Waals surface area contributed by atoms with Gasteiger partial charge in [0.15, 0.2) is 0 Å². The molecule has 0 saturated carbocycles. The summed E-state index contributed by atoms with van der Waals surface area (Å²) >= 11 is 0. The molecule has 6 nitrogen and oxygen atoms in total. The number of fused-ring (bicyclic) bond motifs is 1. The number of carbonyl (C=O) groups excluding carboxylic acids is 3. The number of likely N-dealkylation sites (N-methyl/N-ethyl adjacent to an activating group) is 1. The number of halogens is 2. The predicted octanol–water partition coefficient (Wildman–Crippen LogP) is 2.91. The Morgan fingerprint density at radius 2 is 1.76 bits per heavy atom. The van der Waals surface area contributed by atoms with E-state index in [1.807, 2.05) is 38.1 Å². The number of hydrogen-bond acceptors (Lipinski definition) is 3. The van der Waals surface area contributed by atoms with Crippen molar-refractivity contribution in [2.45, 2.75) is 51.2 Å². The van der Waals surface area contributed by atoms with Crippen LogP contribution in [-0.2, 0) is 27.2 Å². The third-order valence-electron chi connectivity index (χ3n) is 6.74. The highest BCUT2D eigenvalue weighted by molar-refractivity contribution is 6.00. The van der Waals surface area contributed by atoms with Crippen LogP contribution < -0.4 is 10.6 Å². The minimum Gasteiger partial charge on any atom is -0.357 e. The lowest BCUT2D eigenvalue weighted by molar-refractivity contribution is -0.157. The van der Waals surface area contributed by atoms with Crippen LogP contribution in [-0.4, -0.2) is 41.8 Å². The zero-order valence-electron chi connectivity index (χ0n) is 19.5. The molecule has 1 saturated heterocycles. The number of nitrogens with one attached hydrogen (secondary N) is 2. The molecule has 34 heavy (non-hydrogen) atoms. The molecule has 0 aromatic heterocycles. The lowest BCUT2D eigenvalue weighted by Crippen LogP contribution is -2.67. The van der Waals surface area contributed by atoms with Crippen molar-refractivity contribution in [2.75, 3.05) is 7.05 Å². The Hall–Kier alpha value is -3.29. The van der Waals surface area contributed by atoms with Gasteiger partial charge in [-0.3, -0.25) is 14.4 Å². The van der Waals surface area contributed by atoms with E-state index in [0.29, 0.717) is 25.3 Å². The SMILES string of the molecule is CNC(=O)[C@@H](c1ccc(F)cc1F)N1C(=O)[C@@H](C2Cc3ccccc3C2)NC(=O)[C@H]1CC(C)C. The van der Waals surface area contributed by atoms with E-state index in [0.717, 1.165) is 23.3 Å². The monoisotopic (exact) mass is 469 g/mol. The number of nitrogens with zero attached hydrogens (tertiary/aromatic N) is 1. The van der Waals surface area contributed by atoms with Gasteiger partial charge in [0.05, 0.1) is 0 Å². The lowest BCUT2D eigenvalue weighted by atomic mass is 9.88. The van der Waals surface area contributed by atoms with Crippen molar-refractivity contribution in [3.63, 3.8) is 0 Å². The van der Waals surface area contributed by atoms with Gasteiger partial charge in [0.1, 0.15) is 29.8 Å². The van der Waals surface area contributed by atoms with Gasteiger partial charge < -0.3 is 15.5 Å². The number of rotatable bonds is 6. The van der Waals surface area contributed by atoms with Gasteiger partial charge >= 0.3 is 0 Å². The number of piperazine rings is 1. The Bertz CT molecular complexity index is 1100. The molecule has 0 spiro atoms. The van der Waals surface area contributed by atoms with Crippen molar-refractivity contribution in [3.05, 3.63) is 70.8 Å². The van der Waals surface area contributed by atoms with E-state index in [1.54, 1.807) is 0 Å². The molecule has 1 aliphatic heterocycles. The summed E-state index contributed by atoms with van der Waals surface area (Å²) in [4.78, 5) is 41.5. The van der Waals surface area contributed by atoms with Gasteiger partial charge in [0, 0.05) is 18.7 Å². The highest BCUT2D eigenvalue weighted by Crippen LogP contribution is 2.36. The van der Waals surface area contributed by atoms with E-state index < -0.39 is 41.6 Å². The van der Waals surface area contributed by atoms with Crippen molar-refractivity contribution >= 4 is 17.7 Å². The summed E-state index contributed by atoms with van der Waals surface area (Å²) in [6, 6.07) is 7.57. The zero-order chi connectivity index (χ0) is 24.6. The quantitative estimate of drug-likeness (QED) is 0.683. The Balaban J connectivity index is 1.76. The molecule has 0 radical (unpaired) electrons. The molecule has 1 heterocycles. The second kappa shape index (κ2) is 9.52. The molecule has 2 aliphatic rings. The van der Waals surface area contributed by atoms with E-state index in [4.69, 9.17) is 0 Å². The maximum absolute atomic E-state index is 14.9. The van der Waals surface area contributed by atoms with Crippen molar-refractivity contribution in [2.24, 2.45) is 11.8 Å². The maximum Gasteiger partial charge on any atom is 0.247 e. The normalized spacial score (nSPS) is 21.4. The first-order valence-electron chi connectivity index (χ1n) is 11.6. The Morgan fingerprint density at radius 1 is 1.12 bits per heavy atom. The van der Waals surface area contributed by atoms with Crippen LogP contribution in [0.3, 0.4) is 0 Å². The van der Waals surface area contributed by atoms with Crippen LogP contribution in [0.1, 0.15) is 43.0 Å². The second-order valence-electron chi connectivity index (χ2n) is 9.50. The molecule has 2 aromatic carbocycles. The number of amides is 3. The van der Waals surface area contributed by atoms with Crippen LogP contribution in [0, 0.1) is 23.5 Å². The van der Waals surface area contributed by atoms with Crippen molar-refractivity contribution in [1.29, 1.82) is 0 Å². The Labute approximate surface area is 197 Å². The summed E-state index contributed by atoms with van der Waals surface area (Å²) in [6.45, 7) is 3.81. The Morgan fingerprint density at radius 3 is 2.32 bits per heavy atom. The summed E-state index contributed by atoms with van der Waals surface area (Å²) in [5.41, 5.74) is 2.10. The second-order valence-corrected chi connectivity index (χ2v) is 9.50. The van der Waals surface area contributed by atoms with E-state index in [-0.39, 0.29) is 23.3 Å². The van der Waals surface area contributed by atoms with Gasteiger partial charge in [-0.2, -0.15) is 0 Å². The Kier molecular flexibility index (Phi) is 6.68. The fourth-order valence-electron chi connectivity index (χ4n) is 5.15. The molecule has 1 fully saturated rings. The minimum absolute atomic E-state index is 0.0294. The van der Waals surface area contributed by atoms with Gasteiger partial charge in [0.25, 0.3) is 0 Å². The average Bonchev–Trinajstić information content (AvgIpc) is 3.22. The van der Waals surface area contributed by atoms with Crippen LogP contribution in [0.15, 0.2) is 42.5 Å². The van der Waals surface area contributed by atoms with E-state index in [2.05, 4.69) is 10.6 Å². The molecule has 0 unspecified atom stereocenters. The molecule has 2 aromatic rings. The molecule has 0 bridgehead atoms. The number of benzene rings is 2. The molecule has 8 heteroatoms. The zero-order valence-corrected chi connectivity index (χ0v) is 19.5. The van der Waals surface area contributed by atoms with Gasteiger partial charge in [-0.05, 0) is 48.3 Å². The van der Waals surface area contributed by atoms with Crippen LogP contribution in [0.5, 0.6) is 0 Å². The first-order valence-corrected chi connectivity index (χ1v) is 11.6. The smallest absolute Gasteiger partial charge is 0.247 e. The van der Waals surface area contributed by atoms with Gasteiger partial charge in [-0.15, -0.1) is 0 Å². The van der Waals surface area contributed by atoms with Crippen LogP contribution in [0.2, 0.25) is 0 Å². The third kappa shape index (κ3) is 4.41. The molecule has 180 valence electrons. The lowest BCUT2D eigenvalue weighted by Gasteiger charge is -2.44. The number of hydrogen-bond donors (Lipinski definition) is 2. The van der Waals surface area contributed by atoms with E-state index in [9.17, 15) is 23.2 Å². The highest BCUT2D eigenvalue weighted by atomic mass is 19.1. The summed E-state index contributed by atoms with van der Waals surface area (Å²) in [5.74, 6) is -3.33. The first kappa shape index (κ1) is 23.9. The topological polar surface area (TPSA) is 78.5 Å². The molecule has 4 rings (SSSR count). The number of carbonyl (C=O) groups is 3. The third-order valence-corrected chi connectivity index (χ3v) is 6.74. The molecular formula is C26H29F2N3O3. The highest BCUT2D eigenvalue weighted by Gasteiger charge is 2.49. The molecule has 2 N–H and O–H groups in total. The predicted molar refractivity (Wildman–Crippen MR) is 123 cm³/mol. The average molecular weight is 470 g/mol. The van der Waals surface area contributed by atoms with Gasteiger partial charge in [0.2, 0.25) is 17.7 Å². The summed E-state index contributed by atoms with van der Waals surface area (Å²) in [5, 5.41) is 5.39.